The van der Waals surface area contributed by atoms with Gasteiger partial charge in [0.1, 0.15) is 10.6 Å². The number of rotatable bonds is 2. The van der Waals surface area contributed by atoms with Crippen molar-refractivity contribution in [2.24, 2.45) is 0 Å². The topological polar surface area (TPSA) is 45.7 Å². The lowest BCUT2D eigenvalue weighted by atomic mass is 10.2. The van der Waals surface area contributed by atoms with Gasteiger partial charge in [0.25, 0.3) is 0 Å². The van der Waals surface area contributed by atoms with Crippen LogP contribution in [0.4, 0.5) is 4.79 Å². The van der Waals surface area contributed by atoms with Gasteiger partial charge in [0, 0.05) is 26.2 Å². The van der Waals surface area contributed by atoms with Gasteiger partial charge in [-0.25, -0.2) is 9.78 Å². The zero-order valence-corrected chi connectivity index (χ0v) is 15.4. The maximum Gasteiger partial charge on any atom is 0.410 e. The average Bonchev–Trinajstić information content (AvgIpc) is 2.67. The zero-order valence-electron chi connectivity index (χ0n) is 13.0. The third kappa shape index (κ3) is 4.93. The summed E-state index contributed by atoms with van der Waals surface area (Å²) in [6.07, 6.45) is -0.213. The van der Waals surface area contributed by atoms with Gasteiger partial charge < -0.3 is 9.64 Å². The fraction of sp³-hybridized carbons (Fsp3) is 0.714. The molecule has 1 aliphatic heterocycles. The van der Waals surface area contributed by atoms with Crippen LogP contribution in [0.1, 0.15) is 31.5 Å². The maximum absolute atomic E-state index is 12.0. The van der Waals surface area contributed by atoms with Crippen molar-refractivity contribution in [1.82, 2.24) is 14.8 Å². The fourth-order valence-corrected chi connectivity index (χ4v) is 3.58. The van der Waals surface area contributed by atoms with Crippen molar-refractivity contribution in [2.75, 3.05) is 26.2 Å². The molecule has 5 nitrogen and oxygen atoms in total. The Morgan fingerprint density at radius 3 is 2.43 bits per heavy atom. The van der Waals surface area contributed by atoms with Gasteiger partial charge in [-0.2, -0.15) is 0 Å². The molecule has 7 heteroatoms. The first kappa shape index (κ1) is 16.7. The lowest BCUT2D eigenvalue weighted by Gasteiger charge is -2.35. The molecule has 1 fully saturated rings. The van der Waals surface area contributed by atoms with Gasteiger partial charge in [0.05, 0.1) is 16.0 Å². The Balaban J connectivity index is 1.82. The molecule has 0 N–H and O–H groups in total. The number of ether oxygens (including phenoxy) is 1. The van der Waals surface area contributed by atoms with E-state index in [1.54, 1.807) is 16.2 Å². The largest absolute Gasteiger partial charge is 0.444 e. The molecule has 1 aliphatic rings. The Hall–Kier alpha value is -0.660. The molecule has 118 valence electrons. The van der Waals surface area contributed by atoms with E-state index >= 15 is 0 Å². The van der Waals surface area contributed by atoms with E-state index in [1.807, 2.05) is 27.7 Å². The van der Waals surface area contributed by atoms with Crippen LogP contribution < -0.4 is 0 Å². The first-order valence-corrected chi connectivity index (χ1v) is 8.67. The van der Waals surface area contributed by atoms with Crippen molar-refractivity contribution in [3.05, 3.63) is 14.5 Å². The molecule has 2 rings (SSSR count). The van der Waals surface area contributed by atoms with Crippen molar-refractivity contribution in [2.45, 2.75) is 39.8 Å². The molecule has 2 heterocycles. The van der Waals surface area contributed by atoms with Gasteiger partial charge in [-0.05, 0) is 43.6 Å². The molecule has 1 saturated heterocycles. The van der Waals surface area contributed by atoms with Crippen molar-refractivity contribution in [3.63, 3.8) is 0 Å². The average molecular weight is 376 g/mol. The van der Waals surface area contributed by atoms with E-state index in [9.17, 15) is 4.79 Å². The maximum atomic E-state index is 12.0. The van der Waals surface area contributed by atoms with Gasteiger partial charge >= 0.3 is 6.09 Å². The lowest BCUT2D eigenvalue weighted by Crippen LogP contribution is -2.49. The van der Waals surface area contributed by atoms with Crippen LogP contribution in [0.5, 0.6) is 0 Å². The number of halogens is 1. The molecule has 1 amide bonds. The van der Waals surface area contributed by atoms with E-state index in [1.165, 1.54) is 0 Å². The predicted molar refractivity (Wildman–Crippen MR) is 87.6 cm³/mol. The molecule has 21 heavy (non-hydrogen) atoms. The summed E-state index contributed by atoms with van der Waals surface area (Å²) >= 11 is 5.19. The monoisotopic (exact) mass is 375 g/mol. The minimum absolute atomic E-state index is 0.213. The number of thiazole rings is 1. The summed E-state index contributed by atoms with van der Waals surface area (Å²) in [5, 5.41) is 1.12. The lowest BCUT2D eigenvalue weighted by molar-refractivity contribution is 0.0139. The summed E-state index contributed by atoms with van der Waals surface area (Å²) in [6, 6.07) is 0. The van der Waals surface area contributed by atoms with E-state index in [0.29, 0.717) is 13.1 Å². The molecule has 0 saturated carbocycles. The summed E-state index contributed by atoms with van der Waals surface area (Å²) in [7, 11) is 0. The zero-order chi connectivity index (χ0) is 15.6. The summed E-state index contributed by atoms with van der Waals surface area (Å²) in [5.41, 5.74) is 0.612. The fourth-order valence-electron chi connectivity index (χ4n) is 2.11. The molecule has 1 aromatic heterocycles. The number of carbonyl (C=O) groups excluding carboxylic acids is 1. The first-order valence-electron chi connectivity index (χ1n) is 7.07. The van der Waals surface area contributed by atoms with Crippen LogP contribution in [0.25, 0.3) is 0 Å². The number of aryl methyl sites for hydroxylation is 1. The summed E-state index contributed by atoms with van der Waals surface area (Å²) in [6.45, 7) is 11.7. The highest BCUT2D eigenvalue weighted by Crippen LogP contribution is 2.25. The summed E-state index contributed by atoms with van der Waals surface area (Å²) in [4.78, 5) is 20.6. The van der Waals surface area contributed by atoms with E-state index in [-0.39, 0.29) is 6.09 Å². The van der Waals surface area contributed by atoms with Crippen molar-refractivity contribution >= 4 is 33.4 Å². The van der Waals surface area contributed by atoms with Crippen molar-refractivity contribution in [1.29, 1.82) is 0 Å². The minimum Gasteiger partial charge on any atom is -0.444 e. The van der Waals surface area contributed by atoms with Crippen LogP contribution in [0.15, 0.2) is 3.79 Å². The predicted octanol–water partition coefficient (Wildman–Crippen LogP) is 3.27. The standard InChI is InChI=1S/C14H22BrN3O2S/c1-10-12(15)21-11(16-10)9-17-5-7-18(8-6-17)13(19)20-14(2,3)4/h5-9H2,1-4H3. The van der Waals surface area contributed by atoms with Crippen LogP contribution >= 0.6 is 27.3 Å². The third-order valence-corrected chi connectivity index (χ3v) is 5.16. The molecule has 1 aromatic rings. The quantitative estimate of drug-likeness (QED) is 0.795. The number of hydrogen-bond donors (Lipinski definition) is 0. The number of nitrogens with zero attached hydrogens (tertiary/aromatic N) is 3. The minimum atomic E-state index is -0.432. The highest BCUT2D eigenvalue weighted by Gasteiger charge is 2.26. The van der Waals surface area contributed by atoms with E-state index in [4.69, 9.17) is 4.74 Å². The highest BCUT2D eigenvalue weighted by molar-refractivity contribution is 9.11. The van der Waals surface area contributed by atoms with Crippen LogP contribution in [-0.4, -0.2) is 52.7 Å². The van der Waals surface area contributed by atoms with Crippen molar-refractivity contribution in [3.8, 4) is 0 Å². The second-order valence-corrected chi connectivity index (χ2v) is 8.61. The highest BCUT2D eigenvalue weighted by atomic mass is 79.9. The first-order chi connectivity index (χ1) is 9.74. The van der Waals surface area contributed by atoms with Gasteiger partial charge in [0.2, 0.25) is 0 Å². The van der Waals surface area contributed by atoms with Crippen LogP contribution in [0, 0.1) is 6.92 Å². The molecule has 0 aromatic carbocycles. The summed E-state index contributed by atoms with van der Waals surface area (Å²) in [5.74, 6) is 0. The smallest absolute Gasteiger partial charge is 0.410 e. The van der Waals surface area contributed by atoms with Crippen molar-refractivity contribution < 1.29 is 9.53 Å². The second-order valence-electron chi connectivity index (χ2n) is 6.21. The van der Waals surface area contributed by atoms with E-state index in [2.05, 4.69) is 25.8 Å². The number of hydrogen-bond acceptors (Lipinski definition) is 5. The number of carbonyl (C=O) groups is 1. The van der Waals surface area contributed by atoms with Gasteiger partial charge in [-0.3, -0.25) is 4.90 Å². The van der Waals surface area contributed by atoms with Crippen LogP contribution in [0.2, 0.25) is 0 Å². The van der Waals surface area contributed by atoms with Crippen LogP contribution in [0.3, 0.4) is 0 Å². The number of amides is 1. The Kier molecular flexibility index (Phi) is 5.27. The molecule has 0 radical (unpaired) electrons. The molecule has 0 atom stereocenters. The molecule has 0 spiro atoms. The Bertz CT molecular complexity index is 485. The van der Waals surface area contributed by atoms with E-state index < -0.39 is 5.60 Å². The van der Waals surface area contributed by atoms with Gasteiger partial charge in [-0.15, -0.1) is 11.3 Å². The van der Waals surface area contributed by atoms with Crippen LogP contribution in [-0.2, 0) is 11.3 Å². The van der Waals surface area contributed by atoms with Gasteiger partial charge in [-0.1, -0.05) is 0 Å². The molecular formula is C14H22BrN3O2S. The number of piperazine rings is 1. The molecular weight excluding hydrogens is 354 g/mol. The molecule has 0 bridgehead atoms. The third-order valence-electron chi connectivity index (χ3n) is 3.17. The number of aromatic nitrogens is 1. The Morgan fingerprint density at radius 2 is 1.95 bits per heavy atom. The SMILES string of the molecule is Cc1nc(CN2CCN(C(=O)OC(C)(C)C)CC2)sc1Br. The van der Waals surface area contributed by atoms with Gasteiger partial charge in [0.15, 0.2) is 0 Å². The summed E-state index contributed by atoms with van der Waals surface area (Å²) < 4.78 is 6.50. The Morgan fingerprint density at radius 1 is 1.33 bits per heavy atom. The normalized spacial score (nSPS) is 17.1. The molecule has 0 unspecified atom stereocenters. The Labute approximate surface area is 138 Å². The second kappa shape index (κ2) is 6.62. The molecule has 0 aliphatic carbocycles. The van der Waals surface area contributed by atoms with E-state index in [0.717, 1.165) is 34.1 Å².